The number of methoxy groups -OCH3 is 1. The zero-order valence-corrected chi connectivity index (χ0v) is 15.1. The van der Waals surface area contributed by atoms with Gasteiger partial charge in [-0.1, -0.05) is 30.3 Å². The molecule has 6 nitrogen and oxygen atoms in total. The van der Waals surface area contributed by atoms with E-state index in [0.29, 0.717) is 24.6 Å². The molecule has 0 spiro atoms. The van der Waals surface area contributed by atoms with E-state index < -0.39 is 0 Å². The van der Waals surface area contributed by atoms with E-state index in [0.717, 1.165) is 17.9 Å². The van der Waals surface area contributed by atoms with Crippen molar-refractivity contribution >= 4 is 17.4 Å². The Hall–Kier alpha value is -3.41. The van der Waals surface area contributed by atoms with Gasteiger partial charge in [0.2, 0.25) is 0 Å². The summed E-state index contributed by atoms with van der Waals surface area (Å²) in [7, 11) is 1.62. The molecular formula is C21H20N4O2. The summed E-state index contributed by atoms with van der Waals surface area (Å²) in [5.41, 5.74) is 3.70. The van der Waals surface area contributed by atoms with E-state index in [9.17, 15) is 4.79 Å². The number of carbonyl (C=O) groups is 1. The fourth-order valence-corrected chi connectivity index (χ4v) is 3.19. The maximum Gasteiger partial charge on any atom is 0.274 e. The summed E-state index contributed by atoms with van der Waals surface area (Å²) in [6.45, 7) is 1.31. The molecule has 1 aromatic heterocycles. The van der Waals surface area contributed by atoms with Crippen LogP contribution in [0.5, 0.6) is 5.75 Å². The van der Waals surface area contributed by atoms with Crippen LogP contribution in [0, 0.1) is 0 Å². The Bertz CT molecular complexity index is 956. The molecule has 1 aliphatic rings. The minimum absolute atomic E-state index is 0.0927. The summed E-state index contributed by atoms with van der Waals surface area (Å²) in [5, 5.41) is 11.4. The van der Waals surface area contributed by atoms with Crippen LogP contribution in [-0.4, -0.2) is 34.7 Å². The van der Waals surface area contributed by atoms with E-state index in [1.165, 1.54) is 11.1 Å². The van der Waals surface area contributed by atoms with Gasteiger partial charge >= 0.3 is 0 Å². The Morgan fingerprint density at radius 1 is 1.04 bits per heavy atom. The largest absolute Gasteiger partial charge is 0.497 e. The van der Waals surface area contributed by atoms with Crippen LogP contribution in [0.25, 0.3) is 0 Å². The monoisotopic (exact) mass is 360 g/mol. The van der Waals surface area contributed by atoms with E-state index in [1.54, 1.807) is 19.2 Å². The van der Waals surface area contributed by atoms with E-state index >= 15 is 0 Å². The highest BCUT2D eigenvalue weighted by molar-refractivity contribution is 5.92. The molecule has 6 heteroatoms. The number of rotatable bonds is 4. The fourth-order valence-electron chi connectivity index (χ4n) is 3.19. The van der Waals surface area contributed by atoms with Crippen molar-refractivity contribution < 1.29 is 9.53 Å². The molecule has 0 atom stereocenters. The van der Waals surface area contributed by atoms with E-state index in [-0.39, 0.29) is 5.91 Å². The molecule has 27 heavy (non-hydrogen) atoms. The molecule has 2 heterocycles. The van der Waals surface area contributed by atoms with Crippen LogP contribution in [0.1, 0.15) is 21.6 Å². The van der Waals surface area contributed by atoms with Gasteiger partial charge < -0.3 is 15.0 Å². The molecule has 1 N–H and O–H groups in total. The molecule has 0 bridgehead atoms. The second-order valence-electron chi connectivity index (χ2n) is 6.41. The standard InChI is InChI=1S/C21H20N4O2/c1-27-18-8-4-7-17(13-18)22-20-10-9-19(23-24-20)21(26)25-12-11-15-5-2-3-6-16(15)14-25/h2-10,13H,11-12,14H2,1H3,(H,22,24). The summed E-state index contributed by atoms with van der Waals surface area (Å²) in [4.78, 5) is 14.6. The Labute approximate surface area is 157 Å². The molecule has 1 amide bonds. The Kier molecular flexibility index (Phi) is 4.70. The number of nitrogens with zero attached hydrogens (tertiary/aromatic N) is 3. The Balaban J connectivity index is 1.45. The van der Waals surface area contributed by atoms with Gasteiger partial charge in [0.05, 0.1) is 7.11 Å². The van der Waals surface area contributed by atoms with Crippen LogP contribution >= 0.6 is 0 Å². The summed E-state index contributed by atoms with van der Waals surface area (Å²) >= 11 is 0. The van der Waals surface area contributed by atoms with Gasteiger partial charge in [0.1, 0.15) is 5.75 Å². The highest BCUT2D eigenvalue weighted by atomic mass is 16.5. The lowest BCUT2D eigenvalue weighted by Crippen LogP contribution is -2.36. The number of hydrogen-bond acceptors (Lipinski definition) is 5. The van der Waals surface area contributed by atoms with Crippen molar-refractivity contribution in [3.8, 4) is 5.75 Å². The summed E-state index contributed by atoms with van der Waals surface area (Å²) in [6, 6.07) is 19.2. The predicted molar refractivity (Wildman–Crippen MR) is 103 cm³/mol. The maximum atomic E-state index is 12.7. The lowest BCUT2D eigenvalue weighted by molar-refractivity contribution is 0.0727. The van der Waals surface area contributed by atoms with Crippen LogP contribution in [0.2, 0.25) is 0 Å². The number of anilines is 2. The number of fused-ring (bicyclic) bond motifs is 1. The highest BCUT2D eigenvalue weighted by Crippen LogP contribution is 2.21. The topological polar surface area (TPSA) is 67.3 Å². The third-order valence-electron chi connectivity index (χ3n) is 4.64. The van der Waals surface area contributed by atoms with E-state index in [2.05, 4.69) is 27.6 Å². The summed E-state index contributed by atoms with van der Waals surface area (Å²) in [6.07, 6.45) is 0.866. The fraction of sp³-hybridized carbons (Fsp3) is 0.190. The molecular weight excluding hydrogens is 340 g/mol. The minimum Gasteiger partial charge on any atom is -0.497 e. The third kappa shape index (κ3) is 3.74. The Morgan fingerprint density at radius 2 is 1.89 bits per heavy atom. The zero-order chi connectivity index (χ0) is 18.6. The molecule has 1 aliphatic heterocycles. The SMILES string of the molecule is COc1cccc(Nc2ccc(C(=O)N3CCc4ccccc4C3)nn2)c1. The maximum absolute atomic E-state index is 12.7. The van der Waals surface area contributed by atoms with Gasteiger partial charge in [-0.25, -0.2) is 0 Å². The molecule has 3 aromatic rings. The quantitative estimate of drug-likeness (QED) is 0.772. The zero-order valence-electron chi connectivity index (χ0n) is 15.1. The van der Waals surface area contributed by atoms with E-state index in [1.807, 2.05) is 41.3 Å². The third-order valence-corrected chi connectivity index (χ3v) is 4.64. The summed E-state index contributed by atoms with van der Waals surface area (Å²) in [5.74, 6) is 1.24. The average Bonchev–Trinajstić information content (AvgIpc) is 2.73. The van der Waals surface area contributed by atoms with Crippen molar-refractivity contribution in [3.05, 3.63) is 77.5 Å². The number of hydrogen-bond donors (Lipinski definition) is 1. The number of aromatic nitrogens is 2. The van der Waals surface area contributed by atoms with Gasteiger partial charge in [-0.15, -0.1) is 10.2 Å². The van der Waals surface area contributed by atoms with Crippen molar-refractivity contribution in [3.63, 3.8) is 0 Å². The normalized spacial score (nSPS) is 13.0. The molecule has 136 valence electrons. The number of ether oxygens (including phenoxy) is 1. The van der Waals surface area contributed by atoms with Crippen molar-refractivity contribution in [2.24, 2.45) is 0 Å². The first-order valence-corrected chi connectivity index (χ1v) is 8.84. The van der Waals surface area contributed by atoms with Gasteiger partial charge in [0.15, 0.2) is 11.5 Å². The number of benzene rings is 2. The molecule has 0 radical (unpaired) electrons. The Morgan fingerprint density at radius 3 is 2.67 bits per heavy atom. The lowest BCUT2D eigenvalue weighted by Gasteiger charge is -2.28. The molecule has 0 saturated carbocycles. The van der Waals surface area contributed by atoms with Crippen LogP contribution in [0.15, 0.2) is 60.7 Å². The van der Waals surface area contributed by atoms with Gasteiger partial charge in [-0.05, 0) is 41.8 Å². The van der Waals surface area contributed by atoms with Gasteiger partial charge in [-0.3, -0.25) is 4.79 Å². The average molecular weight is 360 g/mol. The second kappa shape index (κ2) is 7.45. The number of carbonyl (C=O) groups excluding carboxylic acids is 1. The van der Waals surface area contributed by atoms with E-state index in [4.69, 9.17) is 4.74 Å². The van der Waals surface area contributed by atoms with Gasteiger partial charge in [0, 0.05) is 24.8 Å². The van der Waals surface area contributed by atoms with Gasteiger partial charge in [-0.2, -0.15) is 0 Å². The number of nitrogens with one attached hydrogen (secondary N) is 1. The summed E-state index contributed by atoms with van der Waals surface area (Å²) < 4.78 is 5.21. The van der Waals surface area contributed by atoms with Crippen molar-refractivity contribution in [1.82, 2.24) is 15.1 Å². The van der Waals surface area contributed by atoms with Crippen LogP contribution in [0.4, 0.5) is 11.5 Å². The van der Waals surface area contributed by atoms with Crippen LogP contribution < -0.4 is 10.1 Å². The molecule has 0 unspecified atom stereocenters. The van der Waals surface area contributed by atoms with Crippen molar-refractivity contribution in [2.75, 3.05) is 19.0 Å². The second-order valence-corrected chi connectivity index (χ2v) is 6.41. The highest BCUT2D eigenvalue weighted by Gasteiger charge is 2.22. The van der Waals surface area contributed by atoms with Crippen LogP contribution in [0.3, 0.4) is 0 Å². The molecule has 4 rings (SSSR count). The molecule has 0 saturated heterocycles. The number of amides is 1. The lowest BCUT2D eigenvalue weighted by atomic mass is 10.00. The van der Waals surface area contributed by atoms with Gasteiger partial charge in [0.25, 0.3) is 5.91 Å². The molecule has 2 aromatic carbocycles. The first-order chi connectivity index (χ1) is 13.2. The smallest absolute Gasteiger partial charge is 0.274 e. The van der Waals surface area contributed by atoms with Crippen LogP contribution in [-0.2, 0) is 13.0 Å². The first-order valence-electron chi connectivity index (χ1n) is 8.84. The minimum atomic E-state index is -0.0927. The predicted octanol–water partition coefficient (Wildman–Crippen LogP) is 3.43. The van der Waals surface area contributed by atoms with Crippen molar-refractivity contribution in [1.29, 1.82) is 0 Å². The first kappa shape index (κ1) is 17.0. The molecule has 0 fully saturated rings. The van der Waals surface area contributed by atoms with Crippen molar-refractivity contribution in [2.45, 2.75) is 13.0 Å². The molecule has 0 aliphatic carbocycles.